The highest BCUT2D eigenvalue weighted by Gasteiger charge is 2.13. The van der Waals surface area contributed by atoms with Crippen molar-refractivity contribution in [3.8, 4) is 11.5 Å². The molecule has 9 nitrogen and oxygen atoms in total. The van der Waals surface area contributed by atoms with Crippen molar-refractivity contribution in [2.45, 2.75) is 0 Å². The molecule has 0 saturated heterocycles. The first kappa shape index (κ1) is 17.0. The Kier molecular flexibility index (Phi) is 4.52. The van der Waals surface area contributed by atoms with Crippen molar-refractivity contribution in [2.75, 3.05) is 7.05 Å². The summed E-state index contributed by atoms with van der Waals surface area (Å²) in [4.78, 5) is 29.2. The lowest BCUT2D eigenvalue weighted by Crippen LogP contribution is -2.28. The van der Waals surface area contributed by atoms with E-state index in [9.17, 15) is 14.9 Å². The Hall–Kier alpha value is -3.88. The number of aliphatic imine (C=N–C) groups is 1. The van der Waals surface area contributed by atoms with Crippen molar-refractivity contribution in [1.29, 1.82) is 0 Å². The number of guanidine groups is 1. The number of carbonyl (C=O) groups is 1. The van der Waals surface area contributed by atoms with Crippen LogP contribution in [0.5, 0.6) is 11.5 Å². The third kappa shape index (κ3) is 3.46. The van der Waals surface area contributed by atoms with Gasteiger partial charge in [-0.1, -0.05) is 18.2 Å². The molecule has 0 bridgehead atoms. The fraction of sp³-hybridized carbons (Fsp3) is 0.0588. The number of fused-ring (bicyclic) bond motifs is 1. The summed E-state index contributed by atoms with van der Waals surface area (Å²) < 4.78 is 5.76. The summed E-state index contributed by atoms with van der Waals surface area (Å²) >= 11 is 0. The normalized spacial score (nSPS) is 11.3. The number of non-ortho nitro benzene ring substituents is 1. The zero-order chi connectivity index (χ0) is 18.7. The predicted molar refractivity (Wildman–Crippen MR) is 96.5 cm³/mol. The van der Waals surface area contributed by atoms with Crippen LogP contribution in [0.4, 0.5) is 5.69 Å². The van der Waals surface area contributed by atoms with Gasteiger partial charge in [-0.3, -0.25) is 14.9 Å². The Morgan fingerprint density at radius 1 is 1.27 bits per heavy atom. The zero-order valence-electron chi connectivity index (χ0n) is 13.7. The average molecular weight is 353 g/mol. The van der Waals surface area contributed by atoms with Crippen LogP contribution in [0.3, 0.4) is 0 Å². The average Bonchev–Trinajstić information content (AvgIpc) is 3.07. The third-order valence-electron chi connectivity index (χ3n) is 3.58. The lowest BCUT2D eigenvalue weighted by atomic mass is 10.2. The first-order valence-corrected chi connectivity index (χ1v) is 7.58. The van der Waals surface area contributed by atoms with E-state index in [1.54, 1.807) is 37.4 Å². The quantitative estimate of drug-likeness (QED) is 0.285. The molecule has 0 saturated carbocycles. The van der Waals surface area contributed by atoms with Crippen molar-refractivity contribution in [2.24, 2.45) is 10.7 Å². The number of rotatable bonds is 4. The number of aromatic amines is 1. The molecular formula is C17H15N5O4. The van der Waals surface area contributed by atoms with Gasteiger partial charge in [0.15, 0.2) is 11.7 Å². The molecule has 0 radical (unpaired) electrons. The molecule has 2 aromatic carbocycles. The van der Waals surface area contributed by atoms with Gasteiger partial charge in [-0.15, -0.1) is 0 Å². The van der Waals surface area contributed by atoms with Gasteiger partial charge in [0.2, 0.25) is 0 Å². The van der Waals surface area contributed by atoms with Crippen molar-refractivity contribution >= 4 is 28.5 Å². The summed E-state index contributed by atoms with van der Waals surface area (Å²) in [7, 11) is 1.56. The Bertz CT molecular complexity index is 1020. The summed E-state index contributed by atoms with van der Waals surface area (Å²) in [6, 6.07) is 12.7. The maximum absolute atomic E-state index is 12.1. The van der Waals surface area contributed by atoms with Crippen LogP contribution in [0.25, 0.3) is 10.9 Å². The van der Waals surface area contributed by atoms with Gasteiger partial charge < -0.3 is 20.8 Å². The number of hydrogen-bond acceptors (Lipinski definition) is 4. The number of nitrogens with one attached hydrogen (secondary N) is 2. The van der Waals surface area contributed by atoms with E-state index in [-0.39, 0.29) is 17.3 Å². The van der Waals surface area contributed by atoms with Crippen LogP contribution in [0.2, 0.25) is 0 Å². The Balaban J connectivity index is 1.96. The predicted octanol–water partition coefficient (Wildman–Crippen LogP) is 2.54. The number of nitrogens with two attached hydrogens (primary N) is 1. The minimum absolute atomic E-state index is 0.00160. The monoisotopic (exact) mass is 353 g/mol. The number of hydrogen-bond donors (Lipinski definition) is 3. The van der Waals surface area contributed by atoms with E-state index in [4.69, 9.17) is 10.5 Å². The summed E-state index contributed by atoms with van der Waals surface area (Å²) in [6.07, 6.45) is 0. The molecule has 9 heteroatoms. The molecule has 132 valence electrons. The molecular weight excluding hydrogens is 338 g/mol. The zero-order valence-corrected chi connectivity index (χ0v) is 13.7. The smallest absolute Gasteiger partial charge is 0.296 e. The topological polar surface area (TPSA) is 136 Å². The van der Waals surface area contributed by atoms with E-state index in [0.717, 1.165) is 5.39 Å². The number of nitro groups is 1. The standard InChI is InChI=1S/C17H15N5O4/c1-19-17(18)21-16(23)13-8-10-4-2-7-14(15(10)20-13)26-12-6-3-5-11(9-12)22(24)25/h2-9,20H,1H3,(H3,18,19,21,23). The second-order valence-electron chi connectivity index (χ2n) is 5.31. The summed E-state index contributed by atoms with van der Waals surface area (Å²) in [5, 5.41) is 14.2. The van der Waals surface area contributed by atoms with Gasteiger partial charge >= 0.3 is 0 Å². The number of aromatic nitrogens is 1. The fourth-order valence-electron chi connectivity index (χ4n) is 2.34. The van der Waals surface area contributed by atoms with E-state index >= 15 is 0 Å². The number of benzene rings is 2. The minimum Gasteiger partial charge on any atom is -0.455 e. The van der Waals surface area contributed by atoms with Crippen LogP contribution in [-0.4, -0.2) is 28.8 Å². The van der Waals surface area contributed by atoms with Crippen LogP contribution >= 0.6 is 0 Å². The van der Waals surface area contributed by atoms with Crippen molar-refractivity contribution < 1.29 is 14.5 Å². The van der Waals surface area contributed by atoms with Crippen LogP contribution in [-0.2, 0) is 0 Å². The van der Waals surface area contributed by atoms with Crippen molar-refractivity contribution in [1.82, 2.24) is 10.3 Å². The number of nitro benzene ring substituents is 1. The highest BCUT2D eigenvalue weighted by atomic mass is 16.6. The van der Waals surface area contributed by atoms with Gasteiger partial charge in [0.25, 0.3) is 11.6 Å². The first-order valence-electron chi connectivity index (χ1n) is 7.58. The van der Waals surface area contributed by atoms with E-state index in [0.29, 0.717) is 17.0 Å². The van der Waals surface area contributed by atoms with Crippen molar-refractivity contribution in [3.63, 3.8) is 0 Å². The van der Waals surface area contributed by atoms with Crippen LogP contribution in [0.15, 0.2) is 53.5 Å². The molecule has 3 rings (SSSR count). The molecule has 0 unspecified atom stereocenters. The number of nitrogens with zero attached hydrogens (tertiary/aromatic N) is 2. The van der Waals surface area contributed by atoms with E-state index in [1.807, 2.05) is 0 Å². The molecule has 0 fully saturated rings. The lowest BCUT2D eigenvalue weighted by Gasteiger charge is -2.06. The number of carbonyl (C=O) groups excluding carboxylic acids is 1. The molecule has 0 spiro atoms. The SMILES string of the molecule is CNC(N)=NC(=O)c1cc2cccc(Oc3cccc([N+](=O)[O-])c3)c2[nH]1. The van der Waals surface area contributed by atoms with Crippen LogP contribution in [0.1, 0.15) is 10.5 Å². The highest BCUT2D eigenvalue weighted by Crippen LogP contribution is 2.31. The molecule has 1 aromatic heterocycles. The molecule has 1 amide bonds. The maximum atomic E-state index is 12.1. The number of para-hydroxylation sites is 1. The number of amides is 1. The number of H-pyrrole nitrogens is 1. The molecule has 0 aliphatic rings. The Labute approximate surface area is 147 Å². The molecule has 0 aliphatic heterocycles. The van der Waals surface area contributed by atoms with Crippen LogP contribution < -0.4 is 15.8 Å². The molecule has 0 aliphatic carbocycles. The van der Waals surface area contributed by atoms with E-state index < -0.39 is 10.8 Å². The molecule has 4 N–H and O–H groups in total. The Morgan fingerprint density at radius 3 is 2.77 bits per heavy atom. The maximum Gasteiger partial charge on any atom is 0.296 e. The summed E-state index contributed by atoms with van der Waals surface area (Å²) in [5.41, 5.74) is 6.24. The largest absolute Gasteiger partial charge is 0.455 e. The van der Waals surface area contributed by atoms with Gasteiger partial charge in [0.05, 0.1) is 16.5 Å². The molecule has 26 heavy (non-hydrogen) atoms. The third-order valence-corrected chi connectivity index (χ3v) is 3.58. The van der Waals surface area contributed by atoms with E-state index in [2.05, 4.69) is 15.3 Å². The first-order chi connectivity index (χ1) is 12.5. The van der Waals surface area contributed by atoms with Gasteiger partial charge in [-0.05, 0) is 18.2 Å². The van der Waals surface area contributed by atoms with Crippen LogP contribution in [0, 0.1) is 10.1 Å². The fourth-order valence-corrected chi connectivity index (χ4v) is 2.34. The summed E-state index contributed by atoms with van der Waals surface area (Å²) in [6.45, 7) is 0. The van der Waals surface area contributed by atoms with E-state index in [1.165, 1.54) is 18.2 Å². The minimum atomic E-state index is -0.533. The van der Waals surface area contributed by atoms with Gasteiger partial charge in [0, 0.05) is 18.5 Å². The molecule has 0 atom stereocenters. The van der Waals surface area contributed by atoms with Gasteiger partial charge in [-0.2, -0.15) is 4.99 Å². The second-order valence-corrected chi connectivity index (χ2v) is 5.31. The highest BCUT2D eigenvalue weighted by molar-refractivity contribution is 6.04. The molecule has 3 aromatic rings. The molecule has 1 heterocycles. The van der Waals surface area contributed by atoms with Gasteiger partial charge in [0.1, 0.15) is 11.4 Å². The summed E-state index contributed by atoms with van der Waals surface area (Å²) in [5.74, 6) is 0.204. The van der Waals surface area contributed by atoms with Gasteiger partial charge in [-0.25, -0.2) is 0 Å². The Morgan fingerprint density at radius 2 is 2.04 bits per heavy atom. The second kappa shape index (κ2) is 6.93. The van der Waals surface area contributed by atoms with Crippen molar-refractivity contribution in [3.05, 3.63) is 64.3 Å². The number of ether oxygens (including phenoxy) is 1. The lowest BCUT2D eigenvalue weighted by molar-refractivity contribution is -0.384.